The van der Waals surface area contributed by atoms with Crippen molar-refractivity contribution in [2.24, 2.45) is 0 Å². The van der Waals surface area contributed by atoms with Crippen molar-refractivity contribution < 1.29 is 19.1 Å². The van der Waals surface area contributed by atoms with Gasteiger partial charge in [0.2, 0.25) is 0 Å². The van der Waals surface area contributed by atoms with E-state index in [2.05, 4.69) is 5.32 Å². The molecule has 9 heteroatoms. The molecule has 1 N–H and O–H groups in total. The summed E-state index contributed by atoms with van der Waals surface area (Å²) in [6, 6.07) is 16.9. The van der Waals surface area contributed by atoms with Crippen molar-refractivity contribution in [2.75, 3.05) is 11.9 Å². The number of ether oxygens (including phenoxy) is 2. The van der Waals surface area contributed by atoms with Gasteiger partial charge in [-0.1, -0.05) is 64.6 Å². The predicted octanol–water partition coefficient (Wildman–Crippen LogP) is 7.07. The van der Waals surface area contributed by atoms with E-state index in [0.29, 0.717) is 37.1 Å². The fourth-order valence-electron chi connectivity index (χ4n) is 2.67. The number of rotatable bonds is 8. The highest BCUT2D eigenvalue weighted by Crippen LogP contribution is 2.26. The first-order valence-corrected chi connectivity index (χ1v) is 11.1. The molecule has 33 heavy (non-hydrogen) atoms. The zero-order valence-corrected chi connectivity index (χ0v) is 20.0. The Labute approximate surface area is 210 Å². The van der Waals surface area contributed by atoms with E-state index in [1.165, 1.54) is 24.3 Å². The molecule has 3 aromatic rings. The Morgan fingerprint density at radius 3 is 2.15 bits per heavy atom. The number of hydrogen-bond acceptors (Lipinski definition) is 4. The second kappa shape index (κ2) is 12.0. The van der Waals surface area contributed by atoms with Gasteiger partial charge in [0.1, 0.15) is 12.4 Å². The molecule has 3 rings (SSSR count). The van der Waals surface area contributed by atoms with Crippen molar-refractivity contribution in [2.45, 2.75) is 6.61 Å². The van der Waals surface area contributed by atoms with Crippen LogP contribution in [0.25, 0.3) is 6.08 Å². The zero-order valence-electron chi connectivity index (χ0n) is 17.0. The first kappa shape index (κ1) is 24.9. The van der Waals surface area contributed by atoms with E-state index in [9.17, 15) is 9.59 Å². The minimum absolute atomic E-state index is 0.226. The summed E-state index contributed by atoms with van der Waals surface area (Å²) in [6.07, 6.45) is 2.79. The molecule has 0 fully saturated rings. The normalized spacial score (nSPS) is 10.8. The Bertz CT molecular complexity index is 1140. The lowest BCUT2D eigenvalue weighted by Crippen LogP contribution is -2.20. The summed E-state index contributed by atoms with van der Waals surface area (Å²) in [5, 5.41) is 4.37. The summed E-state index contributed by atoms with van der Waals surface area (Å²) >= 11 is 24.0. The average molecular weight is 525 g/mol. The molecular formula is C24H17Cl4NO4. The van der Waals surface area contributed by atoms with Gasteiger partial charge >= 0.3 is 5.97 Å². The molecule has 3 aromatic carbocycles. The minimum atomic E-state index is -0.664. The molecule has 0 aliphatic rings. The van der Waals surface area contributed by atoms with E-state index in [0.717, 1.165) is 5.56 Å². The molecule has 0 radical (unpaired) electrons. The van der Waals surface area contributed by atoms with Crippen molar-refractivity contribution in [1.29, 1.82) is 0 Å². The monoisotopic (exact) mass is 523 g/mol. The first-order valence-electron chi connectivity index (χ1n) is 9.57. The van der Waals surface area contributed by atoms with Gasteiger partial charge in [-0.05, 0) is 54.1 Å². The SMILES string of the molecule is O=C(COC(=O)/C=C/c1ccc(OCc2c(Cl)cccc2Cl)cc1)Nc1cc(Cl)cc(Cl)c1. The Morgan fingerprint density at radius 1 is 0.879 bits per heavy atom. The van der Waals surface area contributed by atoms with Crippen LogP contribution >= 0.6 is 46.4 Å². The first-order chi connectivity index (χ1) is 15.8. The number of amides is 1. The second-order valence-corrected chi connectivity index (χ2v) is 8.39. The summed E-state index contributed by atoms with van der Waals surface area (Å²) < 4.78 is 10.7. The smallest absolute Gasteiger partial charge is 0.331 e. The quantitative estimate of drug-likeness (QED) is 0.252. The third kappa shape index (κ3) is 7.98. The molecule has 0 unspecified atom stereocenters. The molecule has 0 atom stereocenters. The Balaban J connectivity index is 1.46. The standard InChI is InChI=1S/C24H17Cl4NO4/c25-16-10-17(26)12-18(11-16)29-23(30)14-33-24(31)9-6-15-4-7-19(8-5-15)32-13-20-21(27)2-1-3-22(20)28/h1-12H,13-14H2,(H,29,30)/b9-6+. The molecule has 0 aromatic heterocycles. The molecule has 0 bridgehead atoms. The van der Waals surface area contributed by atoms with Gasteiger partial charge in [-0.2, -0.15) is 0 Å². The molecule has 0 saturated carbocycles. The summed E-state index contributed by atoms with van der Waals surface area (Å²) in [7, 11) is 0. The van der Waals surface area contributed by atoms with Gasteiger partial charge in [0, 0.05) is 37.4 Å². The number of anilines is 1. The highest BCUT2D eigenvalue weighted by Gasteiger charge is 2.08. The fourth-order valence-corrected chi connectivity index (χ4v) is 3.71. The third-order valence-electron chi connectivity index (χ3n) is 4.23. The van der Waals surface area contributed by atoms with E-state index in [-0.39, 0.29) is 6.61 Å². The molecule has 0 aliphatic heterocycles. The van der Waals surface area contributed by atoms with Gasteiger partial charge in [-0.3, -0.25) is 4.79 Å². The largest absolute Gasteiger partial charge is 0.489 e. The summed E-state index contributed by atoms with van der Waals surface area (Å²) in [6.45, 7) is -0.228. The van der Waals surface area contributed by atoms with Crippen molar-refractivity contribution in [3.8, 4) is 5.75 Å². The average Bonchev–Trinajstić information content (AvgIpc) is 2.76. The van der Waals surface area contributed by atoms with E-state index < -0.39 is 18.5 Å². The molecule has 1 amide bonds. The number of esters is 1. The van der Waals surface area contributed by atoms with Gasteiger partial charge in [0.15, 0.2) is 6.61 Å². The lowest BCUT2D eigenvalue weighted by atomic mass is 10.2. The van der Waals surface area contributed by atoms with E-state index in [1.54, 1.807) is 48.5 Å². The van der Waals surface area contributed by atoms with Crippen LogP contribution < -0.4 is 10.1 Å². The predicted molar refractivity (Wildman–Crippen MR) is 132 cm³/mol. The molecular weight excluding hydrogens is 508 g/mol. The molecule has 170 valence electrons. The Morgan fingerprint density at radius 2 is 1.52 bits per heavy atom. The molecule has 0 aliphatic carbocycles. The number of hydrogen-bond donors (Lipinski definition) is 1. The zero-order chi connectivity index (χ0) is 23.8. The van der Waals surface area contributed by atoms with Gasteiger partial charge < -0.3 is 14.8 Å². The fraction of sp³-hybridized carbons (Fsp3) is 0.0833. The van der Waals surface area contributed by atoms with Crippen LogP contribution in [0.5, 0.6) is 5.75 Å². The maximum atomic E-state index is 11.9. The number of nitrogens with one attached hydrogen (secondary N) is 1. The van der Waals surface area contributed by atoms with E-state index in [1.807, 2.05) is 0 Å². The van der Waals surface area contributed by atoms with Crippen LogP contribution in [0.2, 0.25) is 20.1 Å². The Hall–Kier alpha value is -2.70. The lowest BCUT2D eigenvalue weighted by molar-refractivity contribution is -0.142. The van der Waals surface area contributed by atoms with Crippen LogP contribution in [-0.2, 0) is 20.9 Å². The number of benzene rings is 3. The second-order valence-electron chi connectivity index (χ2n) is 6.71. The van der Waals surface area contributed by atoms with Crippen LogP contribution in [0.3, 0.4) is 0 Å². The van der Waals surface area contributed by atoms with Crippen molar-refractivity contribution in [3.05, 3.63) is 98.0 Å². The molecule has 0 spiro atoms. The van der Waals surface area contributed by atoms with Crippen molar-refractivity contribution in [3.63, 3.8) is 0 Å². The van der Waals surface area contributed by atoms with Gasteiger partial charge in [0.05, 0.1) is 0 Å². The van der Waals surface area contributed by atoms with Crippen LogP contribution in [0.4, 0.5) is 5.69 Å². The van der Waals surface area contributed by atoms with E-state index >= 15 is 0 Å². The summed E-state index contributed by atoms with van der Waals surface area (Å²) in [4.78, 5) is 23.8. The number of carbonyl (C=O) groups excluding carboxylic acids is 2. The maximum absolute atomic E-state index is 11.9. The summed E-state index contributed by atoms with van der Waals surface area (Å²) in [5.41, 5.74) is 1.85. The number of carbonyl (C=O) groups is 2. The Kier molecular flexibility index (Phi) is 9.03. The highest BCUT2D eigenvalue weighted by molar-refractivity contribution is 6.36. The number of halogens is 4. The van der Waals surface area contributed by atoms with Crippen LogP contribution in [-0.4, -0.2) is 18.5 Å². The van der Waals surface area contributed by atoms with Gasteiger partial charge in [-0.25, -0.2) is 4.79 Å². The van der Waals surface area contributed by atoms with Crippen molar-refractivity contribution >= 4 is 70.0 Å². The molecule has 5 nitrogen and oxygen atoms in total. The van der Waals surface area contributed by atoms with Gasteiger partial charge in [0.25, 0.3) is 5.91 Å². The highest BCUT2D eigenvalue weighted by atomic mass is 35.5. The van der Waals surface area contributed by atoms with Crippen LogP contribution in [0.1, 0.15) is 11.1 Å². The molecule has 0 heterocycles. The minimum Gasteiger partial charge on any atom is -0.489 e. The van der Waals surface area contributed by atoms with Crippen LogP contribution in [0.15, 0.2) is 66.7 Å². The maximum Gasteiger partial charge on any atom is 0.331 e. The van der Waals surface area contributed by atoms with Crippen LogP contribution in [0, 0.1) is 0 Å². The van der Waals surface area contributed by atoms with Crippen molar-refractivity contribution in [1.82, 2.24) is 0 Å². The topological polar surface area (TPSA) is 64.6 Å². The third-order valence-corrected chi connectivity index (χ3v) is 5.37. The van der Waals surface area contributed by atoms with E-state index in [4.69, 9.17) is 55.9 Å². The van der Waals surface area contributed by atoms with Gasteiger partial charge in [-0.15, -0.1) is 0 Å². The molecule has 0 saturated heterocycles. The summed E-state index contributed by atoms with van der Waals surface area (Å²) in [5.74, 6) is -0.568. The lowest BCUT2D eigenvalue weighted by Gasteiger charge is -2.09.